The molecule has 0 bridgehead atoms. The summed E-state index contributed by atoms with van der Waals surface area (Å²) < 4.78 is 12.9. The van der Waals surface area contributed by atoms with Crippen LogP contribution in [-0.4, -0.2) is 10.1 Å². The van der Waals surface area contributed by atoms with E-state index in [0.717, 1.165) is 21.8 Å². The molecule has 0 aliphatic carbocycles. The Kier molecular flexibility index (Phi) is 3.54. The van der Waals surface area contributed by atoms with E-state index in [1.165, 1.54) is 12.1 Å². The van der Waals surface area contributed by atoms with E-state index in [1.807, 2.05) is 12.3 Å². The van der Waals surface area contributed by atoms with Crippen molar-refractivity contribution in [2.45, 2.75) is 26.4 Å². The quantitative estimate of drug-likeness (QED) is 0.909. The van der Waals surface area contributed by atoms with E-state index in [0.29, 0.717) is 6.42 Å². The number of benzene rings is 1. The van der Waals surface area contributed by atoms with Crippen molar-refractivity contribution in [3.63, 3.8) is 0 Å². The maximum Gasteiger partial charge on any atom is 0.123 e. The van der Waals surface area contributed by atoms with E-state index in [9.17, 15) is 9.50 Å². The minimum Gasteiger partial charge on any atom is -0.388 e. The topological polar surface area (TPSA) is 33.1 Å². The van der Waals surface area contributed by atoms with Crippen molar-refractivity contribution < 1.29 is 9.50 Å². The van der Waals surface area contributed by atoms with Gasteiger partial charge in [0.15, 0.2) is 0 Å². The number of aliphatic hydroxyl groups excluding tert-OH is 1. The van der Waals surface area contributed by atoms with E-state index in [-0.39, 0.29) is 5.82 Å². The summed E-state index contributed by atoms with van der Waals surface area (Å²) in [6.45, 7) is 3.73. The highest BCUT2D eigenvalue weighted by Gasteiger charge is 2.13. The first-order chi connectivity index (χ1) is 8.06. The van der Waals surface area contributed by atoms with Gasteiger partial charge < -0.3 is 5.11 Å². The Bertz CT molecular complexity index is 524. The normalized spacial score (nSPS) is 12.7. The number of thiazole rings is 1. The van der Waals surface area contributed by atoms with Gasteiger partial charge in [-0.25, -0.2) is 9.37 Å². The number of aliphatic hydroxyl groups is 1. The van der Waals surface area contributed by atoms with Crippen LogP contribution in [0.15, 0.2) is 23.6 Å². The van der Waals surface area contributed by atoms with Crippen molar-refractivity contribution in [1.82, 2.24) is 4.98 Å². The van der Waals surface area contributed by atoms with Gasteiger partial charge >= 0.3 is 0 Å². The summed E-state index contributed by atoms with van der Waals surface area (Å²) in [5.74, 6) is -0.275. The predicted octanol–water partition coefficient (Wildman–Crippen LogP) is 3.18. The zero-order valence-corrected chi connectivity index (χ0v) is 10.6. The summed E-state index contributed by atoms with van der Waals surface area (Å²) in [5, 5.41) is 13.0. The SMILES string of the molecule is Cc1nc(CC(O)c2ccc(F)cc2C)cs1. The average Bonchev–Trinajstić information content (AvgIpc) is 2.63. The van der Waals surface area contributed by atoms with Crippen LogP contribution in [0.1, 0.15) is 27.9 Å². The molecule has 17 heavy (non-hydrogen) atoms. The lowest BCUT2D eigenvalue weighted by Crippen LogP contribution is -2.04. The Labute approximate surface area is 104 Å². The van der Waals surface area contributed by atoms with E-state index in [4.69, 9.17) is 0 Å². The second-order valence-electron chi connectivity index (χ2n) is 4.08. The molecule has 1 aromatic heterocycles. The Morgan fingerprint density at radius 1 is 1.41 bits per heavy atom. The molecule has 0 aliphatic rings. The molecular weight excluding hydrogens is 237 g/mol. The number of aryl methyl sites for hydroxylation is 2. The van der Waals surface area contributed by atoms with Gasteiger partial charge in [-0.3, -0.25) is 0 Å². The van der Waals surface area contributed by atoms with Gasteiger partial charge in [0, 0.05) is 11.8 Å². The molecule has 0 saturated heterocycles. The van der Waals surface area contributed by atoms with Crippen LogP contribution >= 0.6 is 11.3 Å². The number of hydrogen-bond acceptors (Lipinski definition) is 3. The van der Waals surface area contributed by atoms with E-state index in [1.54, 1.807) is 24.3 Å². The van der Waals surface area contributed by atoms with Crippen LogP contribution < -0.4 is 0 Å². The molecule has 0 saturated carbocycles. The summed E-state index contributed by atoms with van der Waals surface area (Å²) >= 11 is 1.57. The minimum absolute atomic E-state index is 0.275. The molecule has 90 valence electrons. The average molecular weight is 251 g/mol. The Hall–Kier alpha value is -1.26. The second kappa shape index (κ2) is 4.94. The fourth-order valence-corrected chi connectivity index (χ4v) is 2.45. The number of halogens is 1. The van der Waals surface area contributed by atoms with Gasteiger partial charge in [0.05, 0.1) is 16.8 Å². The summed E-state index contributed by atoms with van der Waals surface area (Å²) in [4.78, 5) is 4.31. The molecule has 0 radical (unpaired) electrons. The third-order valence-electron chi connectivity index (χ3n) is 2.66. The fraction of sp³-hybridized carbons (Fsp3) is 0.308. The third-order valence-corrected chi connectivity index (χ3v) is 3.48. The lowest BCUT2D eigenvalue weighted by Gasteiger charge is -2.12. The molecule has 1 unspecified atom stereocenters. The van der Waals surface area contributed by atoms with Gasteiger partial charge in [-0.2, -0.15) is 0 Å². The Morgan fingerprint density at radius 3 is 2.76 bits per heavy atom. The van der Waals surface area contributed by atoms with Crippen LogP contribution in [0.4, 0.5) is 4.39 Å². The van der Waals surface area contributed by atoms with Crippen molar-refractivity contribution in [3.8, 4) is 0 Å². The maximum atomic E-state index is 12.9. The van der Waals surface area contributed by atoms with Gasteiger partial charge in [0.2, 0.25) is 0 Å². The molecule has 0 fully saturated rings. The van der Waals surface area contributed by atoms with Crippen molar-refractivity contribution in [2.75, 3.05) is 0 Å². The molecular formula is C13H14FNOS. The standard InChI is InChI=1S/C13H14FNOS/c1-8-5-10(14)3-4-12(8)13(16)6-11-7-17-9(2)15-11/h3-5,7,13,16H,6H2,1-2H3. The highest BCUT2D eigenvalue weighted by Crippen LogP contribution is 2.23. The zero-order chi connectivity index (χ0) is 12.4. The summed E-state index contributed by atoms with van der Waals surface area (Å²) in [7, 11) is 0. The second-order valence-corrected chi connectivity index (χ2v) is 5.14. The number of rotatable bonds is 3. The van der Waals surface area contributed by atoms with Crippen molar-refractivity contribution in [2.24, 2.45) is 0 Å². The lowest BCUT2D eigenvalue weighted by atomic mass is 10.0. The van der Waals surface area contributed by atoms with Gasteiger partial charge in [-0.05, 0) is 37.1 Å². The number of aromatic nitrogens is 1. The molecule has 4 heteroatoms. The van der Waals surface area contributed by atoms with E-state index in [2.05, 4.69) is 4.98 Å². The molecule has 2 nitrogen and oxygen atoms in total. The highest BCUT2D eigenvalue weighted by molar-refractivity contribution is 7.09. The Balaban J connectivity index is 2.17. The first-order valence-electron chi connectivity index (χ1n) is 5.41. The number of nitrogens with zero attached hydrogens (tertiary/aromatic N) is 1. The van der Waals surface area contributed by atoms with E-state index >= 15 is 0 Å². The smallest absolute Gasteiger partial charge is 0.123 e. The summed E-state index contributed by atoms with van der Waals surface area (Å²) in [6.07, 6.45) is -0.159. The molecule has 1 N–H and O–H groups in total. The monoisotopic (exact) mass is 251 g/mol. The first kappa shape index (κ1) is 12.2. The van der Waals surface area contributed by atoms with Crippen LogP contribution in [0, 0.1) is 19.7 Å². The predicted molar refractivity (Wildman–Crippen MR) is 66.7 cm³/mol. The summed E-state index contributed by atoms with van der Waals surface area (Å²) in [6, 6.07) is 4.44. The van der Waals surface area contributed by atoms with Crippen LogP contribution in [0.5, 0.6) is 0 Å². The van der Waals surface area contributed by atoms with Crippen LogP contribution in [0.25, 0.3) is 0 Å². The van der Waals surface area contributed by atoms with Crippen LogP contribution in [0.3, 0.4) is 0 Å². The highest BCUT2D eigenvalue weighted by atomic mass is 32.1. The molecule has 1 aromatic carbocycles. The summed E-state index contributed by atoms with van der Waals surface area (Å²) in [5.41, 5.74) is 2.41. The maximum absolute atomic E-state index is 12.9. The van der Waals surface area contributed by atoms with Crippen molar-refractivity contribution >= 4 is 11.3 Å². The first-order valence-corrected chi connectivity index (χ1v) is 6.29. The molecule has 0 aliphatic heterocycles. The molecule has 0 amide bonds. The van der Waals surface area contributed by atoms with Crippen molar-refractivity contribution in [1.29, 1.82) is 0 Å². The van der Waals surface area contributed by atoms with Crippen LogP contribution in [-0.2, 0) is 6.42 Å². The van der Waals surface area contributed by atoms with Crippen LogP contribution in [0.2, 0.25) is 0 Å². The molecule has 1 atom stereocenters. The van der Waals surface area contributed by atoms with Gasteiger partial charge in [-0.15, -0.1) is 11.3 Å². The molecule has 1 heterocycles. The molecule has 2 aromatic rings. The lowest BCUT2D eigenvalue weighted by molar-refractivity contribution is 0.176. The zero-order valence-electron chi connectivity index (χ0n) is 9.77. The van der Waals surface area contributed by atoms with Gasteiger partial charge in [0.25, 0.3) is 0 Å². The molecule has 2 rings (SSSR count). The third kappa shape index (κ3) is 2.90. The Morgan fingerprint density at radius 2 is 2.18 bits per heavy atom. The van der Waals surface area contributed by atoms with Gasteiger partial charge in [-0.1, -0.05) is 6.07 Å². The van der Waals surface area contributed by atoms with E-state index < -0.39 is 6.10 Å². The fourth-order valence-electron chi connectivity index (χ4n) is 1.82. The van der Waals surface area contributed by atoms with Gasteiger partial charge in [0.1, 0.15) is 5.82 Å². The van der Waals surface area contributed by atoms with Crippen molar-refractivity contribution in [3.05, 3.63) is 51.2 Å². The molecule has 0 spiro atoms. The minimum atomic E-state index is -0.628. The number of hydrogen-bond donors (Lipinski definition) is 1. The largest absolute Gasteiger partial charge is 0.388 e.